The van der Waals surface area contributed by atoms with Crippen LogP contribution in [0.4, 0.5) is 0 Å². The van der Waals surface area contributed by atoms with E-state index in [0.29, 0.717) is 32.2 Å². The van der Waals surface area contributed by atoms with Gasteiger partial charge < -0.3 is 20.9 Å². The van der Waals surface area contributed by atoms with Crippen LogP contribution in [0.5, 0.6) is 0 Å². The summed E-state index contributed by atoms with van der Waals surface area (Å²) >= 11 is 0. The molecule has 2 unspecified atom stereocenters. The van der Waals surface area contributed by atoms with Gasteiger partial charge in [0, 0.05) is 12.8 Å². The van der Waals surface area contributed by atoms with E-state index < -0.39 is 12.0 Å². The molecule has 2 atom stereocenters. The van der Waals surface area contributed by atoms with Crippen molar-refractivity contribution in [3.05, 3.63) is 12.2 Å². The Morgan fingerprint density at radius 3 is 1.24 bits per heavy atom. The van der Waals surface area contributed by atoms with Gasteiger partial charge in [-0.05, 0) is 83.6 Å². The van der Waals surface area contributed by atoms with Crippen molar-refractivity contribution in [1.29, 1.82) is 0 Å². The van der Waals surface area contributed by atoms with Crippen molar-refractivity contribution in [3.8, 4) is 0 Å². The zero-order valence-corrected chi connectivity index (χ0v) is 38.7. The molecule has 4 N–H and O–H groups in total. The first-order chi connectivity index (χ1) is 28.4. The minimum absolute atomic E-state index is 0.0159. The minimum Gasteiger partial charge on any atom is -0.480 e. The van der Waals surface area contributed by atoms with Crippen molar-refractivity contribution in [2.75, 3.05) is 6.54 Å². The van der Waals surface area contributed by atoms with Crippen LogP contribution in [-0.2, 0) is 19.1 Å². The predicted molar refractivity (Wildman–Crippen MR) is 248 cm³/mol. The van der Waals surface area contributed by atoms with Crippen molar-refractivity contribution in [2.24, 2.45) is 5.73 Å². The summed E-state index contributed by atoms with van der Waals surface area (Å²) in [5.74, 6) is -1.21. The van der Waals surface area contributed by atoms with Gasteiger partial charge >= 0.3 is 11.9 Å². The Hall–Kier alpha value is -1.89. The molecule has 0 radical (unpaired) electrons. The number of rotatable bonds is 47. The third-order valence-corrected chi connectivity index (χ3v) is 11.8. The SMILES string of the molecule is CCCCCCCC/C=C\CCCCCCCCCCCC(=O)OC(CCCCCCCCCCCCCCC)CCCCCCCC(=O)NC(CCCN)C(=O)O. The normalized spacial score (nSPS) is 12.6. The summed E-state index contributed by atoms with van der Waals surface area (Å²) < 4.78 is 6.09. The van der Waals surface area contributed by atoms with Gasteiger partial charge in [-0.15, -0.1) is 0 Å². The van der Waals surface area contributed by atoms with Gasteiger partial charge in [-0.1, -0.05) is 199 Å². The maximum absolute atomic E-state index is 12.9. The van der Waals surface area contributed by atoms with Crippen molar-refractivity contribution >= 4 is 17.8 Å². The fourth-order valence-corrected chi connectivity index (χ4v) is 7.98. The lowest BCUT2D eigenvalue weighted by Gasteiger charge is -2.18. The van der Waals surface area contributed by atoms with Crippen LogP contribution in [0.25, 0.3) is 0 Å². The molecule has 0 aliphatic heterocycles. The molecule has 0 bridgehead atoms. The Labute approximate surface area is 360 Å². The molecule has 0 aliphatic rings. The lowest BCUT2D eigenvalue weighted by Crippen LogP contribution is -2.40. The molecule has 342 valence electrons. The molecule has 7 nitrogen and oxygen atoms in total. The number of carboxylic acid groups (broad SMARTS) is 1. The van der Waals surface area contributed by atoms with Gasteiger partial charge in [-0.2, -0.15) is 0 Å². The van der Waals surface area contributed by atoms with Crippen LogP contribution < -0.4 is 11.1 Å². The van der Waals surface area contributed by atoms with Crippen LogP contribution in [0.3, 0.4) is 0 Å². The second kappa shape index (κ2) is 46.2. The molecule has 0 spiro atoms. The van der Waals surface area contributed by atoms with E-state index in [0.717, 1.165) is 64.2 Å². The highest BCUT2D eigenvalue weighted by Crippen LogP contribution is 2.20. The molecule has 0 saturated carbocycles. The fraction of sp³-hybridized carbons (Fsp3) is 0.902. The highest BCUT2D eigenvalue weighted by Gasteiger charge is 2.19. The van der Waals surface area contributed by atoms with Crippen molar-refractivity contribution in [2.45, 2.75) is 289 Å². The molecule has 0 aliphatic carbocycles. The molecule has 0 aromatic carbocycles. The monoisotopic (exact) mass is 819 g/mol. The summed E-state index contributed by atoms with van der Waals surface area (Å²) in [5.41, 5.74) is 5.50. The van der Waals surface area contributed by atoms with Gasteiger partial charge in [-0.25, -0.2) is 4.79 Å². The predicted octanol–water partition coefficient (Wildman–Crippen LogP) is 15.0. The van der Waals surface area contributed by atoms with E-state index in [4.69, 9.17) is 10.5 Å². The quantitative estimate of drug-likeness (QED) is 0.0320. The summed E-state index contributed by atoms with van der Waals surface area (Å²) in [5, 5.41) is 12.0. The largest absolute Gasteiger partial charge is 0.480 e. The Bertz CT molecular complexity index is 925. The maximum atomic E-state index is 12.9. The minimum atomic E-state index is -1.00. The topological polar surface area (TPSA) is 119 Å². The Kier molecular flexibility index (Phi) is 44.7. The zero-order valence-electron chi connectivity index (χ0n) is 38.7. The molecular formula is C51H98N2O5. The van der Waals surface area contributed by atoms with E-state index >= 15 is 0 Å². The maximum Gasteiger partial charge on any atom is 0.326 e. The second-order valence-electron chi connectivity index (χ2n) is 17.6. The molecule has 0 rings (SSSR count). The van der Waals surface area contributed by atoms with Crippen molar-refractivity contribution in [1.82, 2.24) is 5.32 Å². The number of aliphatic carboxylic acids is 1. The molecule has 0 aromatic heterocycles. The first-order valence-electron chi connectivity index (χ1n) is 25.5. The first kappa shape index (κ1) is 56.1. The molecule has 0 saturated heterocycles. The van der Waals surface area contributed by atoms with Crippen LogP contribution in [0.1, 0.15) is 277 Å². The average Bonchev–Trinajstić information content (AvgIpc) is 3.21. The Morgan fingerprint density at radius 2 is 0.845 bits per heavy atom. The number of carbonyl (C=O) groups is 3. The van der Waals surface area contributed by atoms with Crippen molar-refractivity contribution in [3.63, 3.8) is 0 Å². The number of nitrogens with one attached hydrogen (secondary N) is 1. The lowest BCUT2D eigenvalue weighted by atomic mass is 10.0. The number of hydrogen-bond donors (Lipinski definition) is 3. The van der Waals surface area contributed by atoms with Crippen LogP contribution in [-0.4, -0.2) is 41.6 Å². The summed E-state index contributed by atoms with van der Waals surface area (Å²) in [6.07, 6.45) is 52.7. The number of amides is 1. The Morgan fingerprint density at radius 1 is 0.483 bits per heavy atom. The lowest BCUT2D eigenvalue weighted by molar-refractivity contribution is -0.150. The number of esters is 1. The molecule has 0 fully saturated rings. The molecule has 1 amide bonds. The van der Waals surface area contributed by atoms with Crippen LogP contribution in [0.15, 0.2) is 12.2 Å². The van der Waals surface area contributed by atoms with Crippen LogP contribution in [0.2, 0.25) is 0 Å². The number of hydrogen-bond acceptors (Lipinski definition) is 5. The Balaban J connectivity index is 4.23. The number of ether oxygens (including phenoxy) is 1. The van der Waals surface area contributed by atoms with Gasteiger partial charge in [0.25, 0.3) is 0 Å². The highest BCUT2D eigenvalue weighted by atomic mass is 16.5. The van der Waals surface area contributed by atoms with Gasteiger partial charge in [-0.3, -0.25) is 9.59 Å². The van der Waals surface area contributed by atoms with Gasteiger partial charge in [0.15, 0.2) is 0 Å². The summed E-state index contributed by atoms with van der Waals surface area (Å²) in [6, 6.07) is -0.854. The molecular weight excluding hydrogens is 721 g/mol. The molecule has 0 heterocycles. The molecule has 0 aromatic rings. The van der Waals surface area contributed by atoms with Crippen LogP contribution in [0, 0.1) is 0 Å². The van der Waals surface area contributed by atoms with Gasteiger partial charge in [0.1, 0.15) is 12.1 Å². The number of carbonyl (C=O) groups excluding carboxylic acids is 2. The number of carboxylic acids is 1. The summed E-state index contributed by atoms with van der Waals surface area (Å²) in [4.78, 5) is 36.5. The first-order valence-corrected chi connectivity index (χ1v) is 25.5. The van der Waals surface area contributed by atoms with Gasteiger partial charge in [0.2, 0.25) is 5.91 Å². The smallest absolute Gasteiger partial charge is 0.326 e. The number of unbranched alkanes of at least 4 members (excludes halogenated alkanes) is 31. The number of allylic oxidation sites excluding steroid dienone is 2. The van der Waals surface area contributed by atoms with Crippen LogP contribution >= 0.6 is 0 Å². The average molecular weight is 819 g/mol. The number of nitrogens with two attached hydrogens (primary N) is 1. The van der Waals surface area contributed by atoms with E-state index in [1.54, 1.807) is 0 Å². The van der Waals surface area contributed by atoms with E-state index in [2.05, 4.69) is 31.3 Å². The molecule has 7 heteroatoms. The van der Waals surface area contributed by atoms with Crippen molar-refractivity contribution < 1.29 is 24.2 Å². The fourth-order valence-electron chi connectivity index (χ4n) is 7.98. The standard InChI is InChI=1S/C51H98N2O5/c1-3-5-7-9-11-13-15-17-18-19-20-21-22-24-26-28-30-35-39-45-50(55)58-47(41-36-32-29-27-25-23-16-14-12-10-8-6-4-2)42-37-33-31-34-38-44-49(54)53-48(51(56)57)43-40-46-52/h17-18,47-48H,3-16,19-46,52H2,1-2H3,(H,53,54)(H,56,57)/b18-17-. The zero-order chi connectivity index (χ0) is 42.4. The second-order valence-corrected chi connectivity index (χ2v) is 17.6. The van der Waals surface area contributed by atoms with E-state index in [1.165, 1.54) is 173 Å². The van der Waals surface area contributed by atoms with E-state index in [1.807, 2.05) is 0 Å². The third kappa shape index (κ3) is 42.2. The van der Waals surface area contributed by atoms with Gasteiger partial charge in [0.05, 0.1) is 0 Å². The third-order valence-electron chi connectivity index (χ3n) is 11.8. The summed E-state index contributed by atoms with van der Waals surface area (Å²) in [6.45, 7) is 4.97. The highest BCUT2D eigenvalue weighted by molar-refractivity contribution is 5.83. The van der Waals surface area contributed by atoms with E-state index in [9.17, 15) is 19.5 Å². The molecule has 58 heavy (non-hydrogen) atoms. The summed E-state index contributed by atoms with van der Waals surface area (Å²) in [7, 11) is 0. The van der Waals surface area contributed by atoms with E-state index in [-0.39, 0.29) is 18.0 Å².